The molecule has 1 fully saturated rings. The molecule has 0 saturated carbocycles. The van der Waals surface area contributed by atoms with E-state index in [0.717, 1.165) is 16.7 Å². The van der Waals surface area contributed by atoms with Gasteiger partial charge in [-0.15, -0.1) is 0 Å². The van der Waals surface area contributed by atoms with E-state index >= 15 is 0 Å². The lowest BCUT2D eigenvalue weighted by Gasteiger charge is -2.38. The first-order chi connectivity index (χ1) is 13.9. The monoisotopic (exact) mass is 396 g/mol. The number of nitrogens with zero attached hydrogens (tertiary/aromatic N) is 1. The van der Waals surface area contributed by atoms with Gasteiger partial charge in [0.05, 0.1) is 18.7 Å². The second-order valence-electron chi connectivity index (χ2n) is 6.94. The molecule has 2 aromatic carbocycles. The maximum atomic E-state index is 12.9. The Morgan fingerprint density at radius 1 is 1.17 bits per heavy atom. The Hall–Kier alpha value is -3.19. The van der Waals surface area contributed by atoms with E-state index in [9.17, 15) is 14.4 Å². The highest BCUT2D eigenvalue weighted by Gasteiger charge is 2.40. The smallest absolute Gasteiger partial charge is 0.337 e. The lowest BCUT2D eigenvalue weighted by Crippen LogP contribution is -2.53. The van der Waals surface area contributed by atoms with Gasteiger partial charge in [0, 0.05) is 13.6 Å². The minimum atomic E-state index is -0.812. The molecule has 0 bridgehead atoms. The lowest BCUT2D eigenvalue weighted by atomic mass is 9.94. The average Bonchev–Trinajstić information content (AvgIpc) is 2.74. The third kappa shape index (κ3) is 4.46. The van der Waals surface area contributed by atoms with Gasteiger partial charge >= 0.3 is 5.97 Å². The number of benzene rings is 2. The summed E-state index contributed by atoms with van der Waals surface area (Å²) in [6.07, 6.45) is -0.812. The summed E-state index contributed by atoms with van der Waals surface area (Å²) in [6, 6.07) is 13.9. The van der Waals surface area contributed by atoms with Gasteiger partial charge in [-0.3, -0.25) is 9.59 Å². The number of carbonyl (C=O) groups is 3. The predicted octanol–water partition coefficient (Wildman–Crippen LogP) is 2.00. The van der Waals surface area contributed by atoms with Gasteiger partial charge in [0.25, 0.3) is 5.91 Å². The Bertz CT molecular complexity index is 910. The maximum Gasteiger partial charge on any atom is 0.337 e. The second-order valence-corrected chi connectivity index (χ2v) is 6.94. The van der Waals surface area contributed by atoms with Crippen molar-refractivity contribution < 1.29 is 23.9 Å². The molecule has 1 saturated heterocycles. The number of methoxy groups -OCH3 is 1. The van der Waals surface area contributed by atoms with E-state index in [1.165, 1.54) is 7.11 Å². The van der Waals surface area contributed by atoms with Crippen molar-refractivity contribution in [3.63, 3.8) is 0 Å². The number of carbonyl (C=O) groups excluding carboxylic acids is 3. The molecule has 0 spiro atoms. The number of likely N-dealkylation sites (N-methyl/N-ethyl adjacent to an activating group) is 1. The molecule has 1 heterocycles. The Kier molecular flexibility index (Phi) is 6.29. The molecule has 0 aliphatic carbocycles. The molecule has 1 aliphatic rings. The van der Waals surface area contributed by atoms with Crippen molar-refractivity contribution in [2.75, 3.05) is 20.8 Å². The Balaban J connectivity index is 1.73. The van der Waals surface area contributed by atoms with E-state index in [0.29, 0.717) is 5.56 Å². The molecule has 0 aromatic heterocycles. The van der Waals surface area contributed by atoms with Crippen LogP contribution in [0.2, 0.25) is 0 Å². The summed E-state index contributed by atoms with van der Waals surface area (Å²) in [4.78, 5) is 38.2. The molecule has 0 radical (unpaired) electrons. The number of nitrogens with one attached hydrogen (secondary N) is 1. The molecule has 1 N–H and O–H groups in total. The zero-order chi connectivity index (χ0) is 21.0. The number of amides is 2. The van der Waals surface area contributed by atoms with Crippen LogP contribution in [0.3, 0.4) is 0 Å². The average molecular weight is 396 g/mol. The topological polar surface area (TPSA) is 84.9 Å². The molecule has 1 aliphatic heterocycles. The summed E-state index contributed by atoms with van der Waals surface area (Å²) in [7, 11) is 3.01. The van der Waals surface area contributed by atoms with Crippen LogP contribution < -0.4 is 5.32 Å². The third-order valence-corrected chi connectivity index (χ3v) is 5.09. The molecule has 0 unspecified atom stereocenters. The molecule has 29 heavy (non-hydrogen) atoms. The minimum Gasteiger partial charge on any atom is -0.465 e. The van der Waals surface area contributed by atoms with Gasteiger partial charge in [-0.25, -0.2) is 4.79 Å². The summed E-state index contributed by atoms with van der Waals surface area (Å²) in [5, 5.41) is 2.87. The van der Waals surface area contributed by atoms with Crippen LogP contribution in [-0.2, 0) is 25.6 Å². The van der Waals surface area contributed by atoms with E-state index < -0.39 is 18.1 Å². The first-order valence-electron chi connectivity index (χ1n) is 9.30. The van der Waals surface area contributed by atoms with Crippen molar-refractivity contribution >= 4 is 17.8 Å². The van der Waals surface area contributed by atoms with Crippen molar-refractivity contribution in [3.8, 4) is 0 Å². The Labute approximate surface area is 169 Å². The fourth-order valence-electron chi connectivity index (χ4n) is 3.39. The van der Waals surface area contributed by atoms with Gasteiger partial charge in [-0.1, -0.05) is 36.4 Å². The Morgan fingerprint density at radius 3 is 2.52 bits per heavy atom. The van der Waals surface area contributed by atoms with Crippen LogP contribution >= 0.6 is 0 Å². The molecular weight excluding hydrogens is 372 g/mol. The zero-order valence-electron chi connectivity index (χ0n) is 16.7. The largest absolute Gasteiger partial charge is 0.465 e. The summed E-state index contributed by atoms with van der Waals surface area (Å²) in [6.45, 7) is 2.09. The van der Waals surface area contributed by atoms with Crippen molar-refractivity contribution in [2.24, 2.45) is 0 Å². The highest BCUT2D eigenvalue weighted by molar-refractivity contribution is 5.89. The van der Waals surface area contributed by atoms with Gasteiger partial charge in [0.2, 0.25) is 5.91 Å². The number of rotatable bonds is 5. The summed E-state index contributed by atoms with van der Waals surface area (Å²) in [5.74, 6) is -0.875. The van der Waals surface area contributed by atoms with Gasteiger partial charge < -0.3 is 19.7 Å². The molecule has 2 atom stereocenters. The lowest BCUT2D eigenvalue weighted by molar-refractivity contribution is -0.162. The molecule has 7 nitrogen and oxygen atoms in total. The molecule has 152 valence electrons. The highest BCUT2D eigenvalue weighted by atomic mass is 16.5. The van der Waals surface area contributed by atoms with Crippen molar-refractivity contribution in [1.29, 1.82) is 0 Å². The number of aryl methyl sites for hydroxylation is 1. The number of hydrogen-bond donors (Lipinski definition) is 1. The summed E-state index contributed by atoms with van der Waals surface area (Å²) in [5.41, 5.74) is 3.14. The van der Waals surface area contributed by atoms with E-state index in [1.54, 1.807) is 36.2 Å². The standard InChI is InChI=1S/C22H24N2O5/c1-14-6-4-5-7-17(14)19-20(29-13-18(25)24(19)2)21(26)23-12-15-8-10-16(11-9-15)22(27)28-3/h4-11,19-20H,12-13H2,1-3H3,(H,23,26)/t19-,20+/m1/s1. The molecule has 7 heteroatoms. The second kappa shape index (κ2) is 8.87. The van der Waals surface area contributed by atoms with Gasteiger partial charge in [-0.2, -0.15) is 0 Å². The highest BCUT2D eigenvalue weighted by Crippen LogP contribution is 2.31. The minimum absolute atomic E-state index is 0.134. The van der Waals surface area contributed by atoms with Gasteiger partial charge in [0.15, 0.2) is 6.10 Å². The van der Waals surface area contributed by atoms with Crippen molar-refractivity contribution in [2.45, 2.75) is 25.6 Å². The summed E-state index contributed by atoms with van der Waals surface area (Å²) >= 11 is 0. The number of hydrogen-bond acceptors (Lipinski definition) is 5. The first kappa shape index (κ1) is 20.5. The molecule has 3 rings (SSSR count). The van der Waals surface area contributed by atoms with Crippen LogP contribution in [0.25, 0.3) is 0 Å². The number of morpholine rings is 1. The zero-order valence-corrected chi connectivity index (χ0v) is 16.7. The Morgan fingerprint density at radius 2 is 1.86 bits per heavy atom. The van der Waals surface area contributed by atoms with E-state index in [2.05, 4.69) is 10.1 Å². The van der Waals surface area contributed by atoms with Gasteiger partial charge in [0.1, 0.15) is 6.61 Å². The fraction of sp³-hybridized carbons (Fsp3) is 0.318. The molecule has 2 aromatic rings. The van der Waals surface area contributed by atoms with Gasteiger partial charge in [-0.05, 0) is 35.7 Å². The van der Waals surface area contributed by atoms with Crippen LogP contribution in [0.4, 0.5) is 0 Å². The number of esters is 1. The SMILES string of the molecule is COC(=O)c1ccc(CNC(=O)[C@H]2OCC(=O)N(C)[C@@H]2c2ccccc2C)cc1. The predicted molar refractivity (Wildman–Crippen MR) is 106 cm³/mol. The molecule has 2 amide bonds. The van der Waals surface area contributed by atoms with Crippen LogP contribution in [0.15, 0.2) is 48.5 Å². The maximum absolute atomic E-state index is 12.9. The van der Waals surface area contributed by atoms with E-state index in [-0.39, 0.29) is 25.0 Å². The van der Waals surface area contributed by atoms with E-state index in [1.807, 2.05) is 31.2 Å². The van der Waals surface area contributed by atoms with Crippen LogP contribution in [0, 0.1) is 6.92 Å². The molecular formula is C22H24N2O5. The quantitative estimate of drug-likeness (QED) is 0.782. The van der Waals surface area contributed by atoms with Crippen molar-refractivity contribution in [3.05, 3.63) is 70.8 Å². The normalized spacial score (nSPS) is 19.0. The van der Waals surface area contributed by atoms with Crippen LogP contribution in [0.1, 0.15) is 33.1 Å². The van der Waals surface area contributed by atoms with Crippen molar-refractivity contribution in [1.82, 2.24) is 10.2 Å². The fourth-order valence-corrected chi connectivity index (χ4v) is 3.39. The van der Waals surface area contributed by atoms with E-state index in [4.69, 9.17) is 4.74 Å². The number of ether oxygens (including phenoxy) is 2. The van der Waals surface area contributed by atoms with Crippen LogP contribution in [0.5, 0.6) is 0 Å². The van der Waals surface area contributed by atoms with Crippen LogP contribution in [-0.4, -0.2) is 49.6 Å². The first-order valence-corrected chi connectivity index (χ1v) is 9.30. The third-order valence-electron chi connectivity index (χ3n) is 5.09. The summed E-state index contributed by atoms with van der Waals surface area (Å²) < 4.78 is 10.3.